The quantitative estimate of drug-likeness (QED) is 0.728. The zero-order chi connectivity index (χ0) is 11.3. The van der Waals surface area contributed by atoms with E-state index in [0.717, 1.165) is 18.0 Å². The van der Waals surface area contributed by atoms with E-state index < -0.39 is 0 Å². The Bertz CT molecular complexity index is 168. The van der Waals surface area contributed by atoms with Gasteiger partial charge in [-0.2, -0.15) is 0 Å². The van der Waals surface area contributed by atoms with Gasteiger partial charge in [-0.25, -0.2) is 0 Å². The first kappa shape index (κ1) is 13.0. The van der Waals surface area contributed by atoms with Crippen molar-refractivity contribution < 1.29 is 0 Å². The highest BCUT2D eigenvalue weighted by atomic mass is 15.1. The predicted molar refractivity (Wildman–Crippen MR) is 67.2 cm³/mol. The fraction of sp³-hybridized carbons (Fsp3) is 1.00. The minimum atomic E-state index is 0.782. The average molecular weight is 212 g/mol. The molecule has 0 aromatic heterocycles. The van der Waals surface area contributed by atoms with Gasteiger partial charge in [0.25, 0.3) is 0 Å². The molecule has 0 aromatic rings. The summed E-state index contributed by atoms with van der Waals surface area (Å²) < 4.78 is 0. The van der Waals surface area contributed by atoms with Crippen LogP contribution in [0.4, 0.5) is 0 Å². The van der Waals surface area contributed by atoms with Crippen molar-refractivity contribution in [1.82, 2.24) is 10.2 Å². The monoisotopic (exact) mass is 212 g/mol. The van der Waals surface area contributed by atoms with E-state index in [2.05, 4.69) is 38.0 Å². The molecule has 0 bridgehead atoms. The van der Waals surface area contributed by atoms with E-state index in [4.69, 9.17) is 0 Å². The van der Waals surface area contributed by atoms with Crippen LogP contribution in [0.25, 0.3) is 0 Å². The highest BCUT2D eigenvalue weighted by molar-refractivity contribution is 4.85. The van der Waals surface area contributed by atoms with Crippen LogP contribution in [-0.2, 0) is 0 Å². The molecule has 2 heteroatoms. The lowest BCUT2D eigenvalue weighted by atomic mass is 10.1. The minimum Gasteiger partial charge on any atom is -0.314 e. The topological polar surface area (TPSA) is 15.3 Å². The van der Waals surface area contributed by atoms with Crippen molar-refractivity contribution in [3.63, 3.8) is 0 Å². The average Bonchev–Trinajstić information content (AvgIpc) is 2.62. The van der Waals surface area contributed by atoms with Gasteiger partial charge < -0.3 is 10.2 Å². The Hall–Kier alpha value is -0.0800. The van der Waals surface area contributed by atoms with Crippen LogP contribution >= 0.6 is 0 Å². The Morgan fingerprint density at radius 1 is 1.33 bits per heavy atom. The van der Waals surface area contributed by atoms with E-state index in [1.807, 2.05) is 0 Å². The molecule has 2 unspecified atom stereocenters. The minimum absolute atomic E-state index is 0.782. The molecule has 0 heterocycles. The highest BCUT2D eigenvalue weighted by Crippen LogP contribution is 2.23. The molecule has 1 saturated carbocycles. The molecule has 0 aliphatic heterocycles. The van der Waals surface area contributed by atoms with E-state index in [1.54, 1.807) is 0 Å². The van der Waals surface area contributed by atoms with Crippen LogP contribution in [0.1, 0.15) is 46.5 Å². The zero-order valence-corrected chi connectivity index (χ0v) is 10.9. The molecule has 2 atom stereocenters. The standard InChI is InChI=1S/C13H28N2/c1-5-8-14-12-6-7-13(9-12)15(4)10-11(2)3/h11-14H,5-10H2,1-4H3. The van der Waals surface area contributed by atoms with E-state index in [9.17, 15) is 0 Å². The van der Waals surface area contributed by atoms with Crippen molar-refractivity contribution in [3.8, 4) is 0 Å². The maximum atomic E-state index is 3.64. The first-order chi connectivity index (χ1) is 7.13. The van der Waals surface area contributed by atoms with Gasteiger partial charge in [-0.3, -0.25) is 0 Å². The van der Waals surface area contributed by atoms with Crippen molar-refractivity contribution >= 4 is 0 Å². The van der Waals surface area contributed by atoms with Gasteiger partial charge in [0.1, 0.15) is 0 Å². The Kier molecular flexibility index (Phi) is 5.62. The molecular formula is C13H28N2. The van der Waals surface area contributed by atoms with Crippen molar-refractivity contribution in [2.45, 2.75) is 58.5 Å². The summed E-state index contributed by atoms with van der Waals surface area (Å²) in [6.45, 7) is 9.28. The summed E-state index contributed by atoms with van der Waals surface area (Å²) in [5.41, 5.74) is 0. The number of nitrogens with one attached hydrogen (secondary N) is 1. The lowest BCUT2D eigenvalue weighted by molar-refractivity contribution is 0.217. The summed E-state index contributed by atoms with van der Waals surface area (Å²) in [4.78, 5) is 2.55. The molecule has 0 radical (unpaired) electrons. The van der Waals surface area contributed by atoms with Crippen LogP contribution in [0.3, 0.4) is 0 Å². The lowest BCUT2D eigenvalue weighted by Gasteiger charge is -2.26. The third-order valence-corrected chi connectivity index (χ3v) is 3.36. The lowest BCUT2D eigenvalue weighted by Crippen LogP contribution is -2.35. The van der Waals surface area contributed by atoms with Crippen molar-refractivity contribution in [2.75, 3.05) is 20.1 Å². The molecular weight excluding hydrogens is 184 g/mol. The highest BCUT2D eigenvalue weighted by Gasteiger charge is 2.26. The van der Waals surface area contributed by atoms with Crippen molar-refractivity contribution in [2.24, 2.45) is 5.92 Å². The normalized spacial score (nSPS) is 26.8. The maximum absolute atomic E-state index is 3.64. The van der Waals surface area contributed by atoms with Crippen LogP contribution in [0.2, 0.25) is 0 Å². The van der Waals surface area contributed by atoms with Gasteiger partial charge in [0, 0.05) is 18.6 Å². The van der Waals surface area contributed by atoms with E-state index in [-0.39, 0.29) is 0 Å². The summed E-state index contributed by atoms with van der Waals surface area (Å²) in [7, 11) is 2.28. The number of hydrogen-bond donors (Lipinski definition) is 1. The third kappa shape index (κ3) is 4.52. The molecule has 0 saturated heterocycles. The van der Waals surface area contributed by atoms with Gasteiger partial charge in [0.2, 0.25) is 0 Å². The molecule has 0 spiro atoms. The van der Waals surface area contributed by atoms with Gasteiger partial charge in [0.15, 0.2) is 0 Å². The van der Waals surface area contributed by atoms with Crippen molar-refractivity contribution in [1.29, 1.82) is 0 Å². The SMILES string of the molecule is CCCNC1CCC(N(C)CC(C)C)C1. The Morgan fingerprint density at radius 3 is 2.67 bits per heavy atom. The maximum Gasteiger partial charge on any atom is 0.0108 e. The molecule has 1 N–H and O–H groups in total. The molecule has 90 valence electrons. The Morgan fingerprint density at radius 2 is 2.07 bits per heavy atom. The predicted octanol–water partition coefficient (Wildman–Crippen LogP) is 2.49. The molecule has 2 nitrogen and oxygen atoms in total. The van der Waals surface area contributed by atoms with Gasteiger partial charge >= 0.3 is 0 Å². The van der Waals surface area contributed by atoms with Crippen LogP contribution in [0.15, 0.2) is 0 Å². The fourth-order valence-corrected chi connectivity index (χ4v) is 2.62. The van der Waals surface area contributed by atoms with E-state index >= 15 is 0 Å². The molecule has 1 rings (SSSR count). The molecule has 1 aliphatic carbocycles. The number of hydrogen-bond acceptors (Lipinski definition) is 2. The van der Waals surface area contributed by atoms with Crippen LogP contribution in [0, 0.1) is 5.92 Å². The van der Waals surface area contributed by atoms with Crippen LogP contribution in [0.5, 0.6) is 0 Å². The van der Waals surface area contributed by atoms with Gasteiger partial charge in [-0.05, 0) is 45.2 Å². The molecule has 1 fully saturated rings. The second kappa shape index (κ2) is 6.49. The van der Waals surface area contributed by atoms with Gasteiger partial charge in [0.05, 0.1) is 0 Å². The summed E-state index contributed by atoms with van der Waals surface area (Å²) in [5.74, 6) is 0.789. The second-order valence-electron chi connectivity index (χ2n) is 5.45. The molecule has 1 aliphatic rings. The smallest absolute Gasteiger partial charge is 0.0108 e. The van der Waals surface area contributed by atoms with E-state index in [0.29, 0.717) is 0 Å². The summed E-state index contributed by atoms with van der Waals surface area (Å²) in [5, 5.41) is 3.64. The first-order valence-corrected chi connectivity index (χ1v) is 6.57. The van der Waals surface area contributed by atoms with Gasteiger partial charge in [-0.1, -0.05) is 20.8 Å². The number of nitrogens with zero attached hydrogens (tertiary/aromatic N) is 1. The Labute approximate surface area is 95.4 Å². The largest absolute Gasteiger partial charge is 0.314 e. The summed E-state index contributed by atoms with van der Waals surface area (Å²) >= 11 is 0. The second-order valence-corrected chi connectivity index (χ2v) is 5.45. The Balaban J connectivity index is 2.22. The fourth-order valence-electron chi connectivity index (χ4n) is 2.62. The van der Waals surface area contributed by atoms with E-state index in [1.165, 1.54) is 38.8 Å². The third-order valence-electron chi connectivity index (χ3n) is 3.36. The van der Waals surface area contributed by atoms with Gasteiger partial charge in [-0.15, -0.1) is 0 Å². The summed E-state index contributed by atoms with van der Waals surface area (Å²) in [6.07, 6.45) is 5.35. The molecule has 0 aromatic carbocycles. The first-order valence-electron chi connectivity index (χ1n) is 6.57. The summed E-state index contributed by atoms with van der Waals surface area (Å²) in [6, 6.07) is 1.60. The molecule has 0 amide bonds. The zero-order valence-electron chi connectivity index (χ0n) is 10.9. The number of rotatable bonds is 6. The van der Waals surface area contributed by atoms with Crippen LogP contribution < -0.4 is 5.32 Å². The molecule has 15 heavy (non-hydrogen) atoms. The van der Waals surface area contributed by atoms with Crippen molar-refractivity contribution in [3.05, 3.63) is 0 Å². The van der Waals surface area contributed by atoms with Crippen LogP contribution in [-0.4, -0.2) is 37.1 Å².